The van der Waals surface area contributed by atoms with Crippen molar-refractivity contribution in [1.29, 1.82) is 0 Å². The summed E-state index contributed by atoms with van der Waals surface area (Å²) in [6.07, 6.45) is 6.81. The predicted molar refractivity (Wildman–Crippen MR) is 151 cm³/mol. The van der Waals surface area contributed by atoms with Gasteiger partial charge < -0.3 is 15.5 Å². The summed E-state index contributed by atoms with van der Waals surface area (Å²) in [5, 5.41) is 23.7. The molecule has 2 atom stereocenters. The Balaban J connectivity index is 1.63. The van der Waals surface area contributed by atoms with Crippen molar-refractivity contribution in [3.8, 4) is 0 Å². The minimum Gasteiger partial charge on any atom is -0.464 e. The van der Waals surface area contributed by atoms with Gasteiger partial charge in [-0.2, -0.15) is 12.7 Å². The van der Waals surface area contributed by atoms with Gasteiger partial charge in [-0.3, -0.25) is 9.78 Å². The van der Waals surface area contributed by atoms with Crippen LogP contribution >= 0.6 is 0 Å². The minimum absolute atomic E-state index is 0.0503. The highest BCUT2D eigenvalue weighted by atomic mass is 32.2. The molecule has 2 amide bonds. The van der Waals surface area contributed by atoms with E-state index in [1.807, 2.05) is 17.0 Å². The standard InChI is InChI=1S/C28H40FN5O6S/c1-33(2)41(39,40)32-34(27(37)38)24(25(35)26(36)31-20-22-8-6-17-30-19-22)9-4-3-5-14-28(15-7-16-28)18-21-10-12-23(29)13-11-21/h6,8,10-13,17,19,24-25,32,35H,3-5,7,9,14-16,18,20H2,1-2H3,(H,31,36)(H,37,38)/t24-,25?/m0/s1. The van der Waals surface area contributed by atoms with Crippen LogP contribution in [-0.2, 0) is 28.0 Å². The number of nitrogens with one attached hydrogen (secondary N) is 2. The number of nitrogens with zero attached hydrogens (tertiary/aromatic N) is 3. The van der Waals surface area contributed by atoms with Gasteiger partial charge in [0, 0.05) is 33.0 Å². The molecule has 1 aliphatic rings. The molecule has 1 aromatic carbocycles. The van der Waals surface area contributed by atoms with E-state index in [1.165, 1.54) is 26.2 Å². The van der Waals surface area contributed by atoms with Gasteiger partial charge in [0.1, 0.15) is 5.82 Å². The van der Waals surface area contributed by atoms with Gasteiger partial charge in [-0.05, 0) is 66.8 Å². The van der Waals surface area contributed by atoms with Crippen molar-refractivity contribution in [3.05, 3.63) is 65.7 Å². The molecule has 3 rings (SSSR count). The van der Waals surface area contributed by atoms with Crippen molar-refractivity contribution in [2.24, 2.45) is 5.41 Å². The summed E-state index contributed by atoms with van der Waals surface area (Å²) >= 11 is 0. The first-order chi connectivity index (χ1) is 19.4. The normalized spacial score (nSPS) is 16.0. The number of rotatable bonds is 16. The third-order valence-electron chi connectivity index (χ3n) is 7.67. The maximum atomic E-state index is 13.3. The van der Waals surface area contributed by atoms with Crippen LogP contribution in [0.2, 0.25) is 0 Å². The molecule has 1 fully saturated rings. The number of aromatic nitrogens is 1. The van der Waals surface area contributed by atoms with E-state index in [9.17, 15) is 32.6 Å². The summed E-state index contributed by atoms with van der Waals surface area (Å²) in [6, 6.07) is 8.63. The quantitative estimate of drug-likeness (QED) is 0.172. The largest absolute Gasteiger partial charge is 0.464 e. The molecule has 2 aromatic rings. The van der Waals surface area contributed by atoms with E-state index in [-0.39, 0.29) is 24.2 Å². The number of carbonyl (C=O) groups is 2. The van der Waals surface area contributed by atoms with Crippen LogP contribution in [0.5, 0.6) is 0 Å². The van der Waals surface area contributed by atoms with Crippen LogP contribution in [0.15, 0.2) is 48.8 Å². The summed E-state index contributed by atoms with van der Waals surface area (Å²) in [7, 11) is -1.77. The molecule has 226 valence electrons. The van der Waals surface area contributed by atoms with E-state index < -0.39 is 34.4 Å². The highest BCUT2D eigenvalue weighted by Gasteiger charge is 2.38. The highest BCUT2D eigenvalue weighted by Crippen LogP contribution is 2.47. The molecule has 0 aliphatic heterocycles. The summed E-state index contributed by atoms with van der Waals surface area (Å²) < 4.78 is 39.0. The van der Waals surface area contributed by atoms with E-state index >= 15 is 0 Å². The van der Waals surface area contributed by atoms with Gasteiger partial charge in [-0.1, -0.05) is 43.9 Å². The third-order valence-corrected chi connectivity index (χ3v) is 9.06. The molecule has 1 aromatic heterocycles. The second-order valence-corrected chi connectivity index (χ2v) is 12.7. The Bertz CT molecular complexity index is 1240. The lowest BCUT2D eigenvalue weighted by Crippen LogP contribution is -2.60. The smallest absolute Gasteiger partial charge is 0.423 e. The number of aliphatic hydroxyl groups excluding tert-OH is 1. The fourth-order valence-electron chi connectivity index (χ4n) is 5.11. The molecule has 1 saturated carbocycles. The molecular weight excluding hydrogens is 553 g/mol. The van der Waals surface area contributed by atoms with Gasteiger partial charge in [0.15, 0.2) is 6.10 Å². The Morgan fingerprint density at radius 2 is 1.80 bits per heavy atom. The molecule has 0 saturated heterocycles. The Hall–Kier alpha value is -3.13. The predicted octanol–water partition coefficient (Wildman–Crippen LogP) is 3.22. The lowest BCUT2D eigenvalue weighted by molar-refractivity contribution is -0.133. The van der Waals surface area contributed by atoms with E-state index in [0.29, 0.717) is 23.4 Å². The van der Waals surface area contributed by atoms with Crippen LogP contribution < -0.4 is 10.1 Å². The molecule has 0 radical (unpaired) electrons. The van der Waals surface area contributed by atoms with E-state index in [1.54, 1.807) is 24.5 Å². The van der Waals surface area contributed by atoms with Crippen LogP contribution in [-0.4, -0.2) is 71.2 Å². The number of benzene rings is 1. The lowest BCUT2D eigenvalue weighted by atomic mass is 9.63. The number of carboxylic acid groups (broad SMARTS) is 1. The lowest BCUT2D eigenvalue weighted by Gasteiger charge is -2.42. The maximum Gasteiger partial charge on any atom is 0.423 e. The first-order valence-electron chi connectivity index (χ1n) is 13.7. The number of carbonyl (C=O) groups excluding carboxylic acids is 1. The van der Waals surface area contributed by atoms with Crippen molar-refractivity contribution in [3.63, 3.8) is 0 Å². The van der Waals surface area contributed by atoms with Gasteiger partial charge in [0.25, 0.3) is 16.1 Å². The molecule has 1 heterocycles. The number of halogens is 1. The SMILES string of the molecule is CN(C)S(=O)(=O)NN(C(=O)O)[C@@H](CCCCCC1(Cc2ccc(F)cc2)CCC1)C(O)C(=O)NCc1cccnc1. The number of pyridine rings is 1. The van der Waals surface area contributed by atoms with Gasteiger partial charge in [-0.25, -0.2) is 14.2 Å². The van der Waals surface area contributed by atoms with Crippen molar-refractivity contribution in [2.75, 3.05) is 14.1 Å². The molecule has 13 heteroatoms. The van der Waals surface area contributed by atoms with Gasteiger partial charge in [0.2, 0.25) is 0 Å². The zero-order chi connectivity index (χ0) is 30.0. The average Bonchev–Trinajstić information content (AvgIpc) is 2.92. The number of hydrogen-bond acceptors (Lipinski definition) is 6. The Morgan fingerprint density at radius 1 is 1.10 bits per heavy atom. The second kappa shape index (κ2) is 14.7. The number of amides is 2. The molecule has 0 bridgehead atoms. The van der Waals surface area contributed by atoms with E-state index in [0.717, 1.165) is 48.4 Å². The number of unbranched alkanes of at least 4 members (excludes halogenated alkanes) is 2. The van der Waals surface area contributed by atoms with Gasteiger partial charge in [-0.15, -0.1) is 4.83 Å². The van der Waals surface area contributed by atoms with Crippen molar-refractivity contribution in [1.82, 2.24) is 24.4 Å². The number of aliphatic hydroxyl groups is 1. The zero-order valence-electron chi connectivity index (χ0n) is 23.5. The molecule has 41 heavy (non-hydrogen) atoms. The van der Waals surface area contributed by atoms with Crippen LogP contribution in [0.4, 0.5) is 9.18 Å². The summed E-state index contributed by atoms with van der Waals surface area (Å²) in [5.41, 5.74) is 1.92. The minimum atomic E-state index is -4.23. The van der Waals surface area contributed by atoms with Crippen LogP contribution in [0.25, 0.3) is 0 Å². The Kier molecular flexibility index (Phi) is 11.6. The third kappa shape index (κ3) is 9.45. The number of hydrogen-bond donors (Lipinski definition) is 4. The Labute approximate surface area is 240 Å². The second-order valence-electron chi connectivity index (χ2n) is 10.9. The summed E-state index contributed by atoms with van der Waals surface area (Å²) in [5.74, 6) is -1.09. The molecule has 1 unspecified atom stereocenters. The van der Waals surface area contributed by atoms with Crippen LogP contribution in [0.1, 0.15) is 62.5 Å². The van der Waals surface area contributed by atoms with E-state index in [2.05, 4.69) is 10.3 Å². The van der Waals surface area contributed by atoms with Gasteiger partial charge in [0.05, 0.1) is 6.04 Å². The number of hydrazine groups is 1. The monoisotopic (exact) mass is 593 g/mol. The van der Waals surface area contributed by atoms with Crippen LogP contribution in [0, 0.1) is 11.2 Å². The average molecular weight is 594 g/mol. The maximum absolute atomic E-state index is 13.3. The van der Waals surface area contributed by atoms with E-state index in [4.69, 9.17) is 0 Å². The summed E-state index contributed by atoms with van der Waals surface area (Å²) in [4.78, 5) is 30.9. The van der Waals surface area contributed by atoms with Gasteiger partial charge >= 0.3 is 6.09 Å². The fourth-order valence-corrected chi connectivity index (χ4v) is 5.74. The zero-order valence-corrected chi connectivity index (χ0v) is 24.3. The molecule has 4 N–H and O–H groups in total. The first-order valence-corrected chi connectivity index (χ1v) is 15.2. The highest BCUT2D eigenvalue weighted by molar-refractivity contribution is 7.87. The molecular formula is C28H40FN5O6S. The molecule has 11 nitrogen and oxygen atoms in total. The van der Waals surface area contributed by atoms with Crippen molar-refractivity contribution in [2.45, 2.75) is 76.5 Å². The van der Waals surface area contributed by atoms with Crippen molar-refractivity contribution < 1.29 is 32.6 Å². The summed E-state index contributed by atoms with van der Waals surface area (Å²) in [6.45, 7) is 0.0586. The fraction of sp³-hybridized carbons (Fsp3) is 0.536. The van der Waals surface area contributed by atoms with Crippen LogP contribution in [0.3, 0.4) is 0 Å². The molecule has 1 aliphatic carbocycles. The first kappa shape index (κ1) is 32.4. The topological polar surface area (TPSA) is 152 Å². The van der Waals surface area contributed by atoms with Crippen molar-refractivity contribution >= 4 is 22.2 Å². The Morgan fingerprint density at radius 3 is 2.37 bits per heavy atom. The molecule has 0 spiro atoms.